The first-order valence-electron chi connectivity index (χ1n) is 10.2. The molecule has 1 unspecified atom stereocenters. The minimum atomic E-state index is 0.0993. The molecule has 0 aromatic heterocycles. The number of nitrogens with zero attached hydrogens (tertiary/aromatic N) is 3. The summed E-state index contributed by atoms with van der Waals surface area (Å²) in [6.07, 6.45) is 2.34. The normalized spacial score (nSPS) is 23.8. The number of rotatable bonds is 4. The lowest BCUT2D eigenvalue weighted by Gasteiger charge is -2.43. The molecular formula is C21H31N3O3. The Morgan fingerprint density at radius 1 is 1.11 bits per heavy atom. The molecule has 27 heavy (non-hydrogen) atoms. The molecule has 1 atom stereocenters. The summed E-state index contributed by atoms with van der Waals surface area (Å²) in [6.45, 7) is 11.4. The number of hydrogen-bond acceptors (Lipinski definition) is 5. The summed E-state index contributed by atoms with van der Waals surface area (Å²) in [6, 6.07) is 6.77. The first kappa shape index (κ1) is 18.6. The minimum absolute atomic E-state index is 0.0993. The Morgan fingerprint density at radius 2 is 1.89 bits per heavy atom. The van der Waals surface area contributed by atoms with Gasteiger partial charge in [0.25, 0.3) is 0 Å². The summed E-state index contributed by atoms with van der Waals surface area (Å²) in [5.41, 5.74) is 1.28. The fourth-order valence-corrected chi connectivity index (χ4v) is 4.40. The zero-order valence-electron chi connectivity index (χ0n) is 16.5. The Balaban J connectivity index is 1.28. The molecule has 3 aliphatic rings. The van der Waals surface area contributed by atoms with Crippen molar-refractivity contribution in [2.45, 2.75) is 39.3 Å². The van der Waals surface area contributed by atoms with Gasteiger partial charge in [0.1, 0.15) is 0 Å². The zero-order valence-corrected chi connectivity index (χ0v) is 16.5. The minimum Gasteiger partial charge on any atom is -0.454 e. The summed E-state index contributed by atoms with van der Waals surface area (Å²) in [7, 11) is 0. The van der Waals surface area contributed by atoms with Crippen molar-refractivity contribution in [1.82, 2.24) is 14.7 Å². The molecule has 0 spiro atoms. The topological polar surface area (TPSA) is 45.3 Å². The van der Waals surface area contributed by atoms with E-state index in [1.54, 1.807) is 0 Å². The number of amides is 1. The van der Waals surface area contributed by atoms with Gasteiger partial charge in [-0.25, -0.2) is 0 Å². The van der Waals surface area contributed by atoms with E-state index in [0.29, 0.717) is 18.7 Å². The van der Waals surface area contributed by atoms with E-state index in [-0.39, 0.29) is 5.92 Å². The van der Waals surface area contributed by atoms with Crippen LogP contribution in [0.25, 0.3) is 0 Å². The molecule has 0 radical (unpaired) electrons. The molecule has 6 heteroatoms. The van der Waals surface area contributed by atoms with E-state index >= 15 is 0 Å². The van der Waals surface area contributed by atoms with E-state index in [0.717, 1.165) is 63.7 Å². The monoisotopic (exact) mass is 373 g/mol. The van der Waals surface area contributed by atoms with Crippen LogP contribution in [0.2, 0.25) is 0 Å². The summed E-state index contributed by atoms with van der Waals surface area (Å²) >= 11 is 0. The fourth-order valence-electron chi connectivity index (χ4n) is 4.40. The summed E-state index contributed by atoms with van der Waals surface area (Å²) in [5.74, 6) is 2.12. The van der Waals surface area contributed by atoms with Crippen molar-refractivity contribution in [2.24, 2.45) is 5.92 Å². The first-order chi connectivity index (χ1) is 13.1. The van der Waals surface area contributed by atoms with Gasteiger partial charge in [0.15, 0.2) is 11.5 Å². The number of carbonyl (C=O) groups is 1. The van der Waals surface area contributed by atoms with Crippen LogP contribution in [0.4, 0.5) is 0 Å². The van der Waals surface area contributed by atoms with E-state index in [4.69, 9.17) is 9.47 Å². The molecule has 1 amide bonds. The third-order valence-electron chi connectivity index (χ3n) is 5.97. The number of fused-ring (bicyclic) bond motifs is 1. The van der Waals surface area contributed by atoms with Gasteiger partial charge in [0.2, 0.25) is 12.7 Å². The van der Waals surface area contributed by atoms with E-state index in [2.05, 4.69) is 26.8 Å². The largest absolute Gasteiger partial charge is 0.454 e. The van der Waals surface area contributed by atoms with Crippen molar-refractivity contribution in [2.75, 3.05) is 46.1 Å². The number of carbonyl (C=O) groups excluding carboxylic acids is 1. The van der Waals surface area contributed by atoms with Crippen LogP contribution in [-0.4, -0.2) is 72.7 Å². The van der Waals surface area contributed by atoms with Gasteiger partial charge in [0, 0.05) is 57.8 Å². The second-order valence-electron chi connectivity index (χ2n) is 8.23. The van der Waals surface area contributed by atoms with Crippen molar-refractivity contribution in [3.05, 3.63) is 23.8 Å². The quantitative estimate of drug-likeness (QED) is 0.810. The third kappa shape index (κ3) is 4.22. The van der Waals surface area contributed by atoms with Crippen molar-refractivity contribution in [3.8, 4) is 11.5 Å². The van der Waals surface area contributed by atoms with Crippen LogP contribution in [0.1, 0.15) is 32.3 Å². The maximum absolute atomic E-state index is 12.3. The maximum Gasteiger partial charge on any atom is 0.231 e. The molecule has 2 fully saturated rings. The highest BCUT2D eigenvalue weighted by Crippen LogP contribution is 2.33. The predicted molar refractivity (Wildman–Crippen MR) is 104 cm³/mol. The number of ether oxygens (including phenoxy) is 2. The number of likely N-dealkylation sites (tertiary alicyclic amines) is 1. The van der Waals surface area contributed by atoms with Crippen LogP contribution >= 0.6 is 0 Å². The number of piperidine rings is 1. The number of piperazine rings is 1. The molecule has 3 aliphatic heterocycles. The Kier molecular flexibility index (Phi) is 5.55. The van der Waals surface area contributed by atoms with Crippen LogP contribution in [0.5, 0.6) is 11.5 Å². The van der Waals surface area contributed by atoms with Crippen molar-refractivity contribution in [3.63, 3.8) is 0 Å². The van der Waals surface area contributed by atoms with Gasteiger partial charge >= 0.3 is 0 Å². The lowest BCUT2D eigenvalue weighted by atomic mass is 10.0. The Labute approximate surface area is 162 Å². The van der Waals surface area contributed by atoms with E-state index in [1.165, 1.54) is 12.0 Å². The van der Waals surface area contributed by atoms with Gasteiger partial charge in [0.05, 0.1) is 0 Å². The molecule has 1 aromatic carbocycles. The Morgan fingerprint density at radius 3 is 2.67 bits per heavy atom. The fraction of sp³-hybridized carbons (Fsp3) is 0.667. The van der Waals surface area contributed by atoms with Crippen molar-refractivity contribution in [1.29, 1.82) is 0 Å². The smallest absolute Gasteiger partial charge is 0.231 e. The highest BCUT2D eigenvalue weighted by atomic mass is 16.7. The molecule has 4 rings (SSSR count). The van der Waals surface area contributed by atoms with Gasteiger partial charge in [-0.2, -0.15) is 0 Å². The average Bonchev–Trinajstić information content (AvgIpc) is 3.16. The SMILES string of the molecule is CC(C)C(=O)N1CCCC(N2CCN(Cc3ccc4c(c3)OCO4)CC2)C1. The van der Waals surface area contributed by atoms with E-state index in [9.17, 15) is 4.79 Å². The molecule has 1 aromatic rings. The predicted octanol–water partition coefficient (Wildman–Crippen LogP) is 2.18. The number of benzene rings is 1. The van der Waals surface area contributed by atoms with Gasteiger partial charge in [-0.3, -0.25) is 14.6 Å². The van der Waals surface area contributed by atoms with Crippen LogP contribution < -0.4 is 9.47 Å². The molecule has 2 saturated heterocycles. The van der Waals surface area contributed by atoms with Crippen LogP contribution in [0.3, 0.4) is 0 Å². The standard InChI is InChI=1S/C21H31N3O3/c1-16(2)21(25)24-7-3-4-18(14-24)23-10-8-22(9-11-23)13-17-5-6-19-20(12-17)27-15-26-19/h5-6,12,16,18H,3-4,7-11,13-15H2,1-2H3. The van der Waals surface area contributed by atoms with Gasteiger partial charge in [-0.1, -0.05) is 19.9 Å². The highest BCUT2D eigenvalue weighted by Gasteiger charge is 2.30. The maximum atomic E-state index is 12.3. The Hall–Kier alpha value is -1.79. The molecular weight excluding hydrogens is 342 g/mol. The molecule has 6 nitrogen and oxygen atoms in total. The molecule has 0 saturated carbocycles. The van der Waals surface area contributed by atoms with Crippen LogP contribution in [0.15, 0.2) is 18.2 Å². The summed E-state index contributed by atoms with van der Waals surface area (Å²) in [4.78, 5) is 19.5. The van der Waals surface area contributed by atoms with E-state index < -0.39 is 0 Å². The zero-order chi connectivity index (χ0) is 18.8. The molecule has 148 valence electrons. The lowest BCUT2D eigenvalue weighted by Crippen LogP contribution is -2.56. The van der Waals surface area contributed by atoms with Crippen molar-refractivity contribution < 1.29 is 14.3 Å². The molecule has 0 aliphatic carbocycles. The van der Waals surface area contributed by atoms with Crippen molar-refractivity contribution >= 4 is 5.91 Å². The average molecular weight is 373 g/mol. The second kappa shape index (κ2) is 8.07. The Bertz CT molecular complexity index is 671. The van der Waals surface area contributed by atoms with Gasteiger partial charge in [-0.05, 0) is 30.5 Å². The third-order valence-corrected chi connectivity index (χ3v) is 5.97. The second-order valence-corrected chi connectivity index (χ2v) is 8.23. The van der Waals surface area contributed by atoms with Crippen LogP contribution in [-0.2, 0) is 11.3 Å². The van der Waals surface area contributed by atoms with Crippen LogP contribution in [0, 0.1) is 5.92 Å². The van der Waals surface area contributed by atoms with E-state index in [1.807, 2.05) is 19.9 Å². The molecule has 3 heterocycles. The summed E-state index contributed by atoms with van der Waals surface area (Å²) < 4.78 is 10.9. The highest BCUT2D eigenvalue weighted by molar-refractivity contribution is 5.78. The van der Waals surface area contributed by atoms with Gasteiger partial charge < -0.3 is 14.4 Å². The molecule has 0 N–H and O–H groups in total. The lowest BCUT2D eigenvalue weighted by molar-refractivity contribution is -0.136. The first-order valence-corrected chi connectivity index (χ1v) is 10.2. The van der Waals surface area contributed by atoms with Gasteiger partial charge in [-0.15, -0.1) is 0 Å². The molecule has 0 bridgehead atoms. The summed E-state index contributed by atoms with van der Waals surface area (Å²) in [5, 5.41) is 0. The number of hydrogen-bond donors (Lipinski definition) is 0.